The summed E-state index contributed by atoms with van der Waals surface area (Å²) in [4.78, 5) is 0. The molecule has 0 spiro atoms. The minimum atomic E-state index is -4.69. The monoisotopic (exact) mass is 295 g/mol. The molecule has 0 radical (unpaired) electrons. The molecule has 1 aliphatic heterocycles. The Kier molecular flexibility index (Phi) is 4.37. The number of ether oxygens (including phenoxy) is 1. The van der Waals surface area contributed by atoms with E-state index in [9.17, 15) is 17.6 Å². The first-order valence-electron chi connectivity index (χ1n) is 5.71. The van der Waals surface area contributed by atoms with E-state index in [-0.39, 0.29) is 6.10 Å². The van der Waals surface area contributed by atoms with Crippen molar-refractivity contribution in [2.24, 2.45) is 5.73 Å². The lowest BCUT2D eigenvalue weighted by Gasteiger charge is -2.28. The van der Waals surface area contributed by atoms with Gasteiger partial charge in [-0.3, -0.25) is 0 Å². The summed E-state index contributed by atoms with van der Waals surface area (Å²) in [6.07, 6.45) is -4.99. The lowest BCUT2D eigenvalue weighted by atomic mass is 10.0. The van der Waals surface area contributed by atoms with Crippen LogP contribution in [0.5, 0.6) is 0 Å². The predicted octanol–water partition coefficient (Wildman–Crippen LogP) is 2.98. The summed E-state index contributed by atoms with van der Waals surface area (Å²) in [7, 11) is 0. The van der Waals surface area contributed by atoms with Gasteiger partial charge in [0.05, 0.1) is 24.3 Å². The molecule has 2 unspecified atom stereocenters. The van der Waals surface area contributed by atoms with Crippen molar-refractivity contribution in [1.82, 2.24) is 0 Å². The van der Waals surface area contributed by atoms with E-state index >= 15 is 0 Å². The third kappa shape index (κ3) is 3.40. The topological polar surface area (TPSA) is 35.2 Å². The second-order valence-electron chi connectivity index (χ2n) is 4.25. The average Bonchev–Trinajstić information content (AvgIpc) is 2.37. The summed E-state index contributed by atoms with van der Waals surface area (Å²) in [5.41, 5.74) is 4.95. The van der Waals surface area contributed by atoms with E-state index < -0.39 is 23.6 Å². The summed E-state index contributed by atoms with van der Waals surface area (Å²) < 4.78 is 56.2. The molecule has 7 heteroatoms. The van der Waals surface area contributed by atoms with Gasteiger partial charge in [-0.25, -0.2) is 4.39 Å². The van der Waals surface area contributed by atoms with Crippen molar-refractivity contribution < 1.29 is 22.3 Å². The number of hydrogen-bond acceptors (Lipinski definition) is 3. The van der Waals surface area contributed by atoms with Gasteiger partial charge in [-0.15, -0.1) is 0 Å². The van der Waals surface area contributed by atoms with Crippen LogP contribution in [0, 0.1) is 5.82 Å². The molecule has 19 heavy (non-hydrogen) atoms. The fraction of sp³-hybridized carbons (Fsp3) is 0.500. The Morgan fingerprint density at radius 2 is 2.11 bits per heavy atom. The van der Waals surface area contributed by atoms with E-state index in [0.29, 0.717) is 17.9 Å². The van der Waals surface area contributed by atoms with Crippen LogP contribution in [-0.4, -0.2) is 24.2 Å². The Morgan fingerprint density at radius 3 is 2.63 bits per heavy atom. The van der Waals surface area contributed by atoms with Crippen molar-refractivity contribution in [1.29, 1.82) is 0 Å². The van der Waals surface area contributed by atoms with Gasteiger partial charge in [0.15, 0.2) is 0 Å². The first kappa shape index (κ1) is 14.6. The summed E-state index contributed by atoms with van der Waals surface area (Å²) in [5.74, 6) is 0.220. The molecule has 2 rings (SSSR count). The van der Waals surface area contributed by atoms with Crippen LogP contribution in [0.3, 0.4) is 0 Å². The highest BCUT2D eigenvalue weighted by atomic mass is 32.2. The zero-order valence-electron chi connectivity index (χ0n) is 9.91. The normalized spacial score (nSPS) is 22.3. The molecule has 0 saturated carbocycles. The van der Waals surface area contributed by atoms with Gasteiger partial charge in [0.2, 0.25) is 0 Å². The summed E-state index contributed by atoms with van der Waals surface area (Å²) in [6, 6.07) is 2.15. The van der Waals surface area contributed by atoms with Gasteiger partial charge in [-0.1, -0.05) is 6.07 Å². The van der Waals surface area contributed by atoms with E-state index in [1.807, 2.05) is 0 Å². The minimum absolute atomic E-state index is 0.296. The number of alkyl halides is 3. The Morgan fingerprint density at radius 1 is 1.37 bits per heavy atom. The van der Waals surface area contributed by atoms with Gasteiger partial charge in [0.25, 0.3) is 0 Å². The molecule has 106 valence electrons. The van der Waals surface area contributed by atoms with Crippen LogP contribution in [-0.2, 0) is 10.9 Å². The molecular weight excluding hydrogens is 282 g/mol. The number of thioether (sulfide) groups is 1. The Labute approximate surface area is 112 Å². The van der Waals surface area contributed by atoms with Crippen molar-refractivity contribution in [2.75, 3.05) is 18.1 Å². The van der Waals surface area contributed by atoms with Gasteiger partial charge in [-0.05, 0) is 17.7 Å². The molecule has 1 fully saturated rings. The SMILES string of the molecule is NC(c1ccc(C(F)(F)F)c(F)c1)C1CSCCO1. The second-order valence-corrected chi connectivity index (χ2v) is 5.40. The lowest BCUT2D eigenvalue weighted by Crippen LogP contribution is -2.34. The maximum absolute atomic E-state index is 13.5. The zero-order chi connectivity index (χ0) is 14.0. The van der Waals surface area contributed by atoms with E-state index in [4.69, 9.17) is 10.5 Å². The van der Waals surface area contributed by atoms with E-state index in [1.165, 1.54) is 6.07 Å². The average molecular weight is 295 g/mol. The van der Waals surface area contributed by atoms with Crippen LogP contribution >= 0.6 is 11.8 Å². The highest BCUT2D eigenvalue weighted by Crippen LogP contribution is 2.33. The van der Waals surface area contributed by atoms with Crippen molar-refractivity contribution >= 4 is 11.8 Å². The number of benzene rings is 1. The number of rotatable bonds is 2. The molecule has 1 saturated heterocycles. The molecule has 0 bridgehead atoms. The molecule has 1 aromatic rings. The van der Waals surface area contributed by atoms with E-state index in [1.54, 1.807) is 11.8 Å². The maximum atomic E-state index is 13.5. The molecule has 1 heterocycles. The Hall–Kier alpha value is -0.790. The smallest absolute Gasteiger partial charge is 0.375 e. The van der Waals surface area contributed by atoms with Crippen LogP contribution in [0.25, 0.3) is 0 Å². The van der Waals surface area contributed by atoms with Crippen LogP contribution in [0.4, 0.5) is 17.6 Å². The van der Waals surface area contributed by atoms with Crippen LogP contribution in [0.15, 0.2) is 18.2 Å². The highest BCUT2D eigenvalue weighted by Gasteiger charge is 2.34. The summed E-state index contributed by atoms with van der Waals surface area (Å²) in [5, 5.41) is 0. The van der Waals surface area contributed by atoms with Gasteiger partial charge in [0, 0.05) is 11.5 Å². The molecule has 0 amide bonds. The number of hydrogen-bond donors (Lipinski definition) is 1. The third-order valence-electron chi connectivity index (χ3n) is 2.93. The fourth-order valence-electron chi connectivity index (χ4n) is 1.90. The maximum Gasteiger partial charge on any atom is 0.419 e. The van der Waals surface area contributed by atoms with Gasteiger partial charge in [-0.2, -0.15) is 24.9 Å². The van der Waals surface area contributed by atoms with Crippen LogP contribution in [0.2, 0.25) is 0 Å². The Balaban J connectivity index is 2.19. The molecule has 0 aliphatic carbocycles. The third-order valence-corrected chi connectivity index (χ3v) is 3.95. The standard InChI is InChI=1S/C12H13F4NOS/c13-9-5-7(1-2-8(9)12(14,15)16)11(17)10-6-19-4-3-18-10/h1-2,5,10-11H,3-4,6,17H2. The number of nitrogens with two attached hydrogens (primary N) is 1. The molecule has 2 N–H and O–H groups in total. The molecular formula is C12H13F4NOS. The number of halogens is 4. The first-order chi connectivity index (χ1) is 8.89. The van der Waals surface area contributed by atoms with Crippen molar-refractivity contribution in [3.8, 4) is 0 Å². The quantitative estimate of drug-likeness (QED) is 0.852. The second kappa shape index (κ2) is 5.68. The molecule has 1 aliphatic rings. The minimum Gasteiger partial charge on any atom is -0.375 e. The largest absolute Gasteiger partial charge is 0.419 e. The fourth-order valence-corrected chi connectivity index (χ4v) is 2.81. The lowest BCUT2D eigenvalue weighted by molar-refractivity contribution is -0.140. The van der Waals surface area contributed by atoms with Crippen LogP contribution in [0.1, 0.15) is 17.2 Å². The first-order valence-corrected chi connectivity index (χ1v) is 6.86. The van der Waals surface area contributed by atoms with E-state index in [2.05, 4.69) is 0 Å². The zero-order valence-corrected chi connectivity index (χ0v) is 10.7. The van der Waals surface area contributed by atoms with Crippen molar-refractivity contribution in [3.05, 3.63) is 35.1 Å². The van der Waals surface area contributed by atoms with E-state index in [0.717, 1.165) is 17.9 Å². The van der Waals surface area contributed by atoms with Gasteiger partial charge < -0.3 is 10.5 Å². The molecule has 2 nitrogen and oxygen atoms in total. The predicted molar refractivity (Wildman–Crippen MR) is 65.4 cm³/mol. The Bertz CT molecular complexity index is 446. The van der Waals surface area contributed by atoms with Gasteiger partial charge >= 0.3 is 6.18 Å². The van der Waals surface area contributed by atoms with Crippen molar-refractivity contribution in [3.63, 3.8) is 0 Å². The van der Waals surface area contributed by atoms with Crippen LogP contribution < -0.4 is 5.73 Å². The summed E-state index contributed by atoms with van der Waals surface area (Å²) in [6.45, 7) is 0.548. The molecule has 1 aromatic carbocycles. The molecule has 0 aromatic heterocycles. The molecule has 2 atom stereocenters. The highest BCUT2D eigenvalue weighted by molar-refractivity contribution is 7.99. The summed E-state index contributed by atoms with van der Waals surface area (Å²) >= 11 is 1.66. The van der Waals surface area contributed by atoms with Crippen molar-refractivity contribution in [2.45, 2.75) is 18.3 Å². The van der Waals surface area contributed by atoms with Gasteiger partial charge in [0.1, 0.15) is 5.82 Å².